The van der Waals surface area contributed by atoms with Gasteiger partial charge in [0.15, 0.2) is 0 Å². The summed E-state index contributed by atoms with van der Waals surface area (Å²) in [6.07, 6.45) is 12.9. The Bertz CT molecular complexity index is 1260. The molecule has 0 spiro atoms. The first kappa shape index (κ1) is 23.2. The number of nitriles is 2. The van der Waals surface area contributed by atoms with Crippen molar-refractivity contribution in [1.82, 2.24) is 24.9 Å². The Hall–Kier alpha value is -3.59. The van der Waals surface area contributed by atoms with E-state index in [4.69, 9.17) is 15.5 Å². The standard InChI is InChI=1S/C26H32N8O/c27-12-9-17-1-5-19(6-2-17)31-24(35)15-23-32-22-16-30-26-21(11-14-29-26)25(22)34(23)33-20-7-3-18(4-8-20)10-13-28/h11,14,16-20,33H,1-10,15H2,(H,29,30)(H,31,35). The first-order chi connectivity index (χ1) is 17.1. The van der Waals surface area contributed by atoms with Gasteiger partial charge in [0.1, 0.15) is 22.5 Å². The van der Waals surface area contributed by atoms with Crippen LogP contribution in [0.15, 0.2) is 18.5 Å². The molecule has 2 aliphatic carbocycles. The molecule has 5 rings (SSSR count). The van der Waals surface area contributed by atoms with Crippen LogP contribution in [0.1, 0.15) is 70.0 Å². The summed E-state index contributed by atoms with van der Waals surface area (Å²) >= 11 is 0. The number of amides is 1. The van der Waals surface area contributed by atoms with E-state index in [0.717, 1.165) is 73.4 Å². The quantitative estimate of drug-likeness (QED) is 0.474. The monoisotopic (exact) mass is 472 g/mol. The molecule has 9 nitrogen and oxygen atoms in total. The van der Waals surface area contributed by atoms with Crippen molar-refractivity contribution in [2.45, 2.75) is 82.7 Å². The van der Waals surface area contributed by atoms with E-state index in [1.54, 1.807) is 6.20 Å². The number of nitrogens with one attached hydrogen (secondary N) is 3. The van der Waals surface area contributed by atoms with Crippen molar-refractivity contribution in [1.29, 1.82) is 10.5 Å². The first-order valence-electron chi connectivity index (χ1n) is 12.8. The van der Waals surface area contributed by atoms with Gasteiger partial charge < -0.3 is 15.7 Å². The molecule has 2 fully saturated rings. The average molecular weight is 473 g/mol. The zero-order valence-corrected chi connectivity index (χ0v) is 20.0. The molecule has 3 heterocycles. The number of aromatic amines is 1. The summed E-state index contributed by atoms with van der Waals surface area (Å²) in [6.45, 7) is 0. The normalized spacial score (nSPS) is 24.6. The van der Waals surface area contributed by atoms with E-state index >= 15 is 0 Å². The van der Waals surface area contributed by atoms with Crippen LogP contribution in [0, 0.1) is 34.5 Å². The van der Waals surface area contributed by atoms with Crippen molar-refractivity contribution < 1.29 is 4.79 Å². The van der Waals surface area contributed by atoms with Crippen LogP contribution in [0.4, 0.5) is 0 Å². The van der Waals surface area contributed by atoms with Crippen molar-refractivity contribution >= 4 is 28.0 Å². The van der Waals surface area contributed by atoms with Crippen LogP contribution >= 0.6 is 0 Å². The summed E-state index contributed by atoms with van der Waals surface area (Å²) in [4.78, 5) is 25.5. The largest absolute Gasteiger partial charge is 0.353 e. The van der Waals surface area contributed by atoms with Gasteiger partial charge in [-0.2, -0.15) is 10.5 Å². The lowest BCUT2D eigenvalue weighted by Gasteiger charge is -2.30. The molecule has 0 radical (unpaired) electrons. The van der Waals surface area contributed by atoms with Gasteiger partial charge in [-0.3, -0.25) is 4.79 Å². The van der Waals surface area contributed by atoms with E-state index < -0.39 is 0 Å². The third kappa shape index (κ3) is 5.09. The van der Waals surface area contributed by atoms with Crippen LogP contribution in [-0.2, 0) is 11.2 Å². The van der Waals surface area contributed by atoms with Gasteiger partial charge in [0.2, 0.25) is 5.91 Å². The number of H-pyrrole nitrogens is 1. The van der Waals surface area contributed by atoms with E-state index in [2.05, 4.69) is 32.8 Å². The second-order valence-electron chi connectivity index (χ2n) is 10.1. The lowest BCUT2D eigenvalue weighted by molar-refractivity contribution is -0.121. The number of carbonyl (C=O) groups excluding carboxylic acids is 1. The number of aromatic nitrogens is 4. The van der Waals surface area contributed by atoms with E-state index in [1.165, 1.54) is 0 Å². The summed E-state index contributed by atoms with van der Waals surface area (Å²) < 4.78 is 2.01. The Morgan fingerprint density at radius 3 is 2.34 bits per heavy atom. The zero-order valence-electron chi connectivity index (χ0n) is 20.0. The smallest absolute Gasteiger partial charge is 0.227 e. The van der Waals surface area contributed by atoms with E-state index in [9.17, 15) is 4.79 Å². The topological polar surface area (TPSA) is 135 Å². The fourth-order valence-electron chi connectivity index (χ4n) is 5.75. The SMILES string of the molecule is N#CCC1CCC(NC(=O)Cc2nc3cnc4[nH]ccc4c3n2NC2CCC(CC#N)CC2)CC1. The van der Waals surface area contributed by atoms with Crippen LogP contribution in [0.2, 0.25) is 0 Å². The molecule has 3 aromatic rings. The van der Waals surface area contributed by atoms with Crippen LogP contribution in [0.5, 0.6) is 0 Å². The number of hydrogen-bond donors (Lipinski definition) is 3. The minimum atomic E-state index is -0.0249. The summed E-state index contributed by atoms with van der Waals surface area (Å²) in [6, 6.07) is 7.00. The summed E-state index contributed by atoms with van der Waals surface area (Å²) in [5.74, 6) is 1.60. The van der Waals surface area contributed by atoms with Crippen LogP contribution < -0.4 is 10.7 Å². The number of fused-ring (bicyclic) bond motifs is 3. The number of carbonyl (C=O) groups is 1. The van der Waals surface area contributed by atoms with E-state index in [0.29, 0.717) is 30.5 Å². The lowest BCUT2D eigenvalue weighted by Crippen LogP contribution is -2.39. The van der Waals surface area contributed by atoms with Crippen molar-refractivity contribution in [3.8, 4) is 12.1 Å². The molecule has 0 bridgehead atoms. The van der Waals surface area contributed by atoms with Gasteiger partial charge in [-0.25, -0.2) is 14.6 Å². The van der Waals surface area contributed by atoms with Crippen molar-refractivity contribution in [3.05, 3.63) is 24.3 Å². The van der Waals surface area contributed by atoms with Gasteiger partial charge in [0, 0.05) is 36.5 Å². The summed E-state index contributed by atoms with van der Waals surface area (Å²) in [5, 5.41) is 22.1. The molecule has 0 atom stereocenters. The van der Waals surface area contributed by atoms with Gasteiger partial charge in [0.05, 0.1) is 24.8 Å². The average Bonchev–Trinajstić information content (AvgIpc) is 3.46. The van der Waals surface area contributed by atoms with Crippen LogP contribution in [0.25, 0.3) is 22.1 Å². The maximum atomic E-state index is 13.0. The molecular weight excluding hydrogens is 440 g/mol. The molecule has 0 saturated heterocycles. The predicted molar refractivity (Wildman–Crippen MR) is 133 cm³/mol. The highest BCUT2D eigenvalue weighted by molar-refractivity contribution is 6.01. The fourth-order valence-corrected chi connectivity index (χ4v) is 5.75. The third-order valence-electron chi connectivity index (χ3n) is 7.72. The Balaban J connectivity index is 1.33. The molecule has 0 aromatic carbocycles. The zero-order chi connectivity index (χ0) is 24.2. The predicted octanol–water partition coefficient (Wildman–Crippen LogP) is 4.06. The molecule has 1 amide bonds. The molecule has 0 aliphatic heterocycles. The second kappa shape index (κ2) is 10.4. The number of pyridine rings is 1. The Kier molecular flexibility index (Phi) is 6.85. The van der Waals surface area contributed by atoms with Gasteiger partial charge in [0.25, 0.3) is 0 Å². The van der Waals surface area contributed by atoms with Crippen molar-refractivity contribution in [2.24, 2.45) is 11.8 Å². The minimum absolute atomic E-state index is 0.0249. The maximum Gasteiger partial charge on any atom is 0.227 e. The molecule has 3 aromatic heterocycles. The molecule has 2 aliphatic rings. The first-order valence-corrected chi connectivity index (χ1v) is 12.8. The van der Waals surface area contributed by atoms with Crippen LogP contribution in [-0.4, -0.2) is 37.6 Å². The molecule has 3 N–H and O–H groups in total. The van der Waals surface area contributed by atoms with Gasteiger partial charge in [-0.15, -0.1) is 0 Å². The molecule has 0 unspecified atom stereocenters. The lowest BCUT2D eigenvalue weighted by atomic mass is 9.84. The molecular formula is C26H32N8O. The third-order valence-corrected chi connectivity index (χ3v) is 7.72. The molecule has 182 valence electrons. The number of rotatable bonds is 7. The van der Waals surface area contributed by atoms with E-state index in [1.807, 2.05) is 16.9 Å². The summed E-state index contributed by atoms with van der Waals surface area (Å²) in [5.41, 5.74) is 6.17. The van der Waals surface area contributed by atoms with Gasteiger partial charge in [-0.1, -0.05) is 0 Å². The van der Waals surface area contributed by atoms with Crippen LogP contribution in [0.3, 0.4) is 0 Å². The van der Waals surface area contributed by atoms with Gasteiger partial charge >= 0.3 is 0 Å². The highest BCUT2D eigenvalue weighted by Gasteiger charge is 2.26. The van der Waals surface area contributed by atoms with E-state index in [-0.39, 0.29) is 24.4 Å². The maximum absolute atomic E-state index is 13.0. The minimum Gasteiger partial charge on any atom is -0.353 e. The highest BCUT2D eigenvalue weighted by Crippen LogP contribution is 2.30. The number of imidazole rings is 1. The fraction of sp³-hybridized carbons (Fsp3) is 0.577. The number of hydrogen-bond acceptors (Lipinski definition) is 6. The highest BCUT2D eigenvalue weighted by atomic mass is 16.1. The van der Waals surface area contributed by atoms with Gasteiger partial charge in [-0.05, 0) is 69.3 Å². The Morgan fingerprint density at radius 1 is 1.03 bits per heavy atom. The van der Waals surface area contributed by atoms with Crippen molar-refractivity contribution in [3.63, 3.8) is 0 Å². The molecule has 35 heavy (non-hydrogen) atoms. The number of nitrogens with zero attached hydrogens (tertiary/aromatic N) is 5. The molecule has 2 saturated carbocycles. The summed E-state index contributed by atoms with van der Waals surface area (Å²) in [7, 11) is 0. The molecule has 9 heteroatoms. The Morgan fingerprint density at radius 2 is 1.69 bits per heavy atom. The second-order valence-corrected chi connectivity index (χ2v) is 10.1. The van der Waals surface area contributed by atoms with Crippen molar-refractivity contribution in [2.75, 3.05) is 5.43 Å². The Labute approximate surface area is 204 Å².